The first-order chi connectivity index (χ1) is 13.0. The van der Waals surface area contributed by atoms with Crippen LogP contribution in [0.3, 0.4) is 0 Å². The molecule has 0 radical (unpaired) electrons. The van der Waals surface area contributed by atoms with Crippen molar-refractivity contribution in [2.45, 2.75) is 38.8 Å². The van der Waals surface area contributed by atoms with Crippen LogP contribution in [0.2, 0.25) is 13.1 Å². The zero-order valence-electron chi connectivity index (χ0n) is 17.0. The molecule has 0 fully saturated rings. The molecule has 0 saturated carbocycles. The third kappa shape index (κ3) is 2.37. The van der Waals surface area contributed by atoms with Gasteiger partial charge >= 0.3 is 0 Å². The molecule has 2 heteroatoms. The quantitative estimate of drug-likeness (QED) is 0.325. The summed E-state index contributed by atoms with van der Waals surface area (Å²) in [6.45, 7) is 15.8. The van der Waals surface area contributed by atoms with Crippen molar-refractivity contribution in [3.8, 4) is 0 Å². The van der Waals surface area contributed by atoms with Crippen LogP contribution in [0.15, 0.2) is 77.4 Å². The molecule has 28 heavy (non-hydrogen) atoms. The Hall–Kier alpha value is -1.50. The molecule has 2 unspecified atom stereocenters. The minimum atomic E-state index is -1.84. The van der Waals surface area contributed by atoms with Gasteiger partial charge in [0.1, 0.15) is 8.07 Å². The van der Waals surface area contributed by atoms with E-state index in [0.717, 1.165) is 0 Å². The number of allylic oxidation sites excluding steroid dienone is 5. The van der Waals surface area contributed by atoms with Crippen molar-refractivity contribution < 1.29 is 26.2 Å². The molecule has 3 aliphatic rings. The molecule has 2 aromatic rings. The van der Waals surface area contributed by atoms with Crippen LogP contribution in [-0.2, 0) is 26.2 Å². The van der Waals surface area contributed by atoms with Gasteiger partial charge in [-0.15, -0.1) is 5.57 Å². The molecule has 4 bridgehead atoms. The minimum Gasteiger partial charge on any atom is -0.293 e. The maximum Gasteiger partial charge on any atom is 0.113 e. The normalized spacial score (nSPS) is 23.5. The van der Waals surface area contributed by atoms with Gasteiger partial charge in [-0.3, -0.25) is 6.58 Å². The molecule has 1 aliphatic heterocycles. The van der Waals surface area contributed by atoms with E-state index in [2.05, 4.69) is 81.5 Å². The summed E-state index contributed by atoms with van der Waals surface area (Å²) >= 11 is 0. The summed E-state index contributed by atoms with van der Waals surface area (Å²) in [6, 6.07) is 18.1. The molecule has 0 aromatic heterocycles. The maximum absolute atomic E-state index is 5.97. The molecule has 0 N–H and O–H groups in total. The van der Waals surface area contributed by atoms with Gasteiger partial charge in [0.25, 0.3) is 0 Å². The number of benzene rings is 2. The van der Waals surface area contributed by atoms with E-state index in [4.69, 9.17) is 6.58 Å². The third-order valence-electron chi connectivity index (χ3n) is 6.94. The van der Waals surface area contributed by atoms with Gasteiger partial charge in [-0.05, 0) is 46.5 Å². The Kier molecular flexibility index (Phi) is 4.80. The van der Waals surface area contributed by atoms with E-state index >= 15 is 0 Å². The fourth-order valence-electron chi connectivity index (χ4n) is 6.25. The Labute approximate surface area is 188 Å². The van der Waals surface area contributed by atoms with Crippen molar-refractivity contribution >= 4 is 18.5 Å². The van der Waals surface area contributed by atoms with E-state index in [-0.39, 0.29) is 26.2 Å². The van der Waals surface area contributed by atoms with Crippen molar-refractivity contribution in [2.75, 3.05) is 0 Å². The topological polar surface area (TPSA) is 0 Å². The number of hydrogen-bond acceptors (Lipinski definition) is 0. The van der Waals surface area contributed by atoms with Gasteiger partial charge < -0.3 is 0 Å². The Morgan fingerprint density at radius 1 is 0.786 bits per heavy atom. The average Bonchev–Trinajstić information content (AvgIpc) is 3.11. The van der Waals surface area contributed by atoms with Gasteiger partial charge in [-0.2, -0.15) is 0 Å². The summed E-state index contributed by atoms with van der Waals surface area (Å²) in [5.41, 5.74) is 10.4. The second kappa shape index (κ2) is 6.78. The average molecular weight is 457 g/mol. The molecule has 2 aromatic carbocycles. The fraction of sp³-hybridized carbons (Fsp3) is 0.231. The van der Waals surface area contributed by atoms with E-state index in [1.165, 1.54) is 27.8 Å². The molecule has 5 rings (SSSR count). The summed E-state index contributed by atoms with van der Waals surface area (Å²) in [5.74, 6) is 0.686. The van der Waals surface area contributed by atoms with Crippen LogP contribution in [0.1, 0.15) is 47.9 Å². The van der Waals surface area contributed by atoms with Crippen LogP contribution in [0.5, 0.6) is 0 Å². The summed E-state index contributed by atoms with van der Waals surface area (Å²) in [4.78, 5) is 0. The van der Waals surface area contributed by atoms with Crippen LogP contribution >= 0.6 is 0 Å². The Morgan fingerprint density at radius 2 is 1.21 bits per heavy atom. The second-order valence-corrected chi connectivity index (χ2v) is 12.9. The zero-order valence-corrected chi connectivity index (χ0v) is 20.5. The Bertz CT molecular complexity index is 1020. The summed E-state index contributed by atoms with van der Waals surface area (Å²) in [6.07, 6.45) is 3.92. The predicted octanol–water partition coefficient (Wildman–Crippen LogP) is 6.84. The molecule has 138 valence electrons. The first kappa shape index (κ1) is 19.8. The van der Waals surface area contributed by atoms with Gasteiger partial charge in [0.2, 0.25) is 0 Å². The van der Waals surface area contributed by atoms with Gasteiger partial charge in [-0.25, -0.2) is 12.2 Å². The largest absolute Gasteiger partial charge is 0.293 e. The summed E-state index contributed by atoms with van der Waals surface area (Å²) in [5, 5.41) is 3.27. The fourth-order valence-corrected chi connectivity index (χ4v) is 10.6. The van der Waals surface area contributed by atoms with Gasteiger partial charge in [0.05, 0.1) is 0 Å². The van der Waals surface area contributed by atoms with Crippen LogP contribution in [0.4, 0.5) is 0 Å². The molecule has 2 aliphatic carbocycles. The zero-order chi connectivity index (χ0) is 18.9. The van der Waals surface area contributed by atoms with Crippen molar-refractivity contribution in [1.82, 2.24) is 0 Å². The molecule has 1 heterocycles. The molecular weight excluding hydrogens is 432 g/mol. The number of fused-ring (bicyclic) bond motifs is 8. The van der Waals surface area contributed by atoms with E-state index in [0.29, 0.717) is 11.8 Å². The van der Waals surface area contributed by atoms with Crippen LogP contribution in [0.25, 0.3) is 10.4 Å². The summed E-state index contributed by atoms with van der Waals surface area (Å²) in [7, 11) is -1.84. The summed E-state index contributed by atoms with van der Waals surface area (Å²) < 4.78 is 0. The third-order valence-corrected chi connectivity index (χ3v) is 10.8. The SMILES string of the molecule is [CH-]=CC=C1C2C(C)=C(c3ccccc32)[Si](C)(C)C2=C(C)C1c1ccccc12.[Zr]. The van der Waals surface area contributed by atoms with Gasteiger partial charge in [0.15, 0.2) is 0 Å². The van der Waals surface area contributed by atoms with Crippen molar-refractivity contribution in [2.24, 2.45) is 0 Å². The molecule has 0 spiro atoms. The van der Waals surface area contributed by atoms with Crippen molar-refractivity contribution in [1.29, 1.82) is 0 Å². The predicted molar refractivity (Wildman–Crippen MR) is 118 cm³/mol. The van der Waals surface area contributed by atoms with E-state index < -0.39 is 8.07 Å². The maximum atomic E-state index is 5.97. The molecule has 0 saturated heterocycles. The Morgan fingerprint density at radius 3 is 1.64 bits per heavy atom. The second-order valence-electron chi connectivity index (χ2n) is 8.64. The minimum absolute atomic E-state index is 0. The standard InChI is InChI=1S/C26H25Si.Zr/c1-6-11-22-23-16(2)25(20-14-9-7-12-18(20)23)27(4,5)26-17(3)24(22)19-13-8-10-15-21(19)26;/h1,6-15,23-24H,2-5H3;/q-1;. The van der Waals surface area contributed by atoms with Gasteiger partial charge in [-0.1, -0.05) is 72.8 Å². The smallest absolute Gasteiger partial charge is 0.113 e. The Balaban J connectivity index is 0.00000192. The van der Waals surface area contributed by atoms with Crippen molar-refractivity contribution in [3.63, 3.8) is 0 Å². The van der Waals surface area contributed by atoms with E-state index in [1.807, 2.05) is 0 Å². The van der Waals surface area contributed by atoms with Crippen LogP contribution in [-0.4, -0.2) is 8.07 Å². The number of hydrogen-bond donors (Lipinski definition) is 0. The van der Waals surface area contributed by atoms with E-state index in [1.54, 1.807) is 27.6 Å². The van der Waals surface area contributed by atoms with Gasteiger partial charge in [0, 0.05) is 38.0 Å². The van der Waals surface area contributed by atoms with E-state index in [9.17, 15) is 0 Å². The molecule has 2 atom stereocenters. The first-order valence-corrected chi connectivity index (χ1v) is 12.8. The van der Waals surface area contributed by atoms with Crippen LogP contribution in [0, 0.1) is 6.58 Å². The molecule has 0 nitrogen and oxygen atoms in total. The number of rotatable bonds is 1. The monoisotopic (exact) mass is 455 g/mol. The van der Waals surface area contributed by atoms with Crippen LogP contribution < -0.4 is 0 Å². The first-order valence-electron chi connectivity index (χ1n) is 9.84. The molecule has 0 amide bonds. The van der Waals surface area contributed by atoms with Crippen molar-refractivity contribution in [3.05, 3.63) is 106 Å². The molecular formula is C26H25SiZr-.